The summed E-state index contributed by atoms with van der Waals surface area (Å²) in [5.41, 5.74) is 0. The number of hydrogen-bond donors (Lipinski definition) is 0. The average molecular weight is 180 g/mol. The summed E-state index contributed by atoms with van der Waals surface area (Å²) in [4.78, 5) is 0. The van der Waals surface area contributed by atoms with E-state index in [4.69, 9.17) is 0 Å². The van der Waals surface area contributed by atoms with Crippen LogP contribution in [0.25, 0.3) is 0 Å². The SMILES string of the molecule is [C+](=CC=[C-]C1C=CC=C1)C1C=CC=C1. The number of rotatable bonds is 3. The third-order valence-electron chi connectivity index (χ3n) is 2.16. The Morgan fingerprint density at radius 1 is 0.929 bits per heavy atom. The second-order valence-corrected chi connectivity index (χ2v) is 3.26. The summed E-state index contributed by atoms with van der Waals surface area (Å²) in [5, 5.41) is 0. The van der Waals surface area contributed by atoms with E-state index in [1.165, 1.54) is 0 Å². The fraction of sp³-hybridized carbons (Fsp3) is 0.143. The first-order chi connectivity index (χ1) is 6.95. The Morgan fingerprint density at radius 2 is 1.57 bits per heavy atom. The molecule has 68 valence electrons. The van der Waals surface area contributed by atoms with Gasteiger partial charge in [-0.1, -0.05) is 42.5 Å². The molecule has 0 spiro atoms. The molecule has 0 heterocycles. The molecule has 0 nitrogen and oxygen atoms in total. The highest BCUT2D eigenvalue weighted by atomic mass is 14.0. The van der Waals surface area contributed by atoms with Gasteiger partial charge < -0.3 is 0 Å². The topological polar surface area (TPSA) is 0 Å². The first-order valence-electron chi connectivity index (χ1n) is 4.82. The van der Waals surface area contributed by atoms with Gasteiger partial charge in [-0.2, -0.15) is 6.08 Å². The van der Waals surface area contributed by atoms with Crippen molar-refractivity contribution in [2.75, 3.05) is 0 Å². The van der Waals surface area contributed by atoms with E-state index in [9.17, 15) is 0 Å². The molecule has 0 aromatic carbocycles. The van der Waals surface area contributed by atoms with Gasteiger partial charge in [0.05, 0.1) is 0 Å². The van der Waals surface area contributed by atoms with Gasteiger partial charge in [0.1, 0.15) is 5.92 Å². The molecule has 0 atom stereocenters. The molecule has 0 unspecified atom stereocenters. The summed E-state index contributed by atoms with van der Waals surface area (Å²) in [6.45, 7) is 0. The lowest BCUT2D eigenvalue weighted by Crippen LogP contribution is -1.82. The Bertz CT molecular complexity index is 288. The van der Waals surface area contributed by atoms with Crippen LogP contribution >= 0.6 is 0 Å². The van der Waals surface area contributed by atoms with E-state index in [0.29, 0.717) is 11.8 Å². The molecule has 0 fully saturated rings. The molecule has 0 saturated heterocycles. The lowest BCUT2D eigenvalue weighted by molar-refractivity contribution is 1.04. The Kier molecular flexibility index (Phi) is 2.90. The molecule has 0 bridgehead atoms. The zero-order chi connectivity index (χ0) is 9.64. The third kappa shape index (κ3) is 2.42. The van der Waals surface area contributed by atoms with Gasteiger partial charge in [0, 0.05) is 6.08 Å². The predicted octanol–water partition coefficient (Wildman–Crippen LogP) is 3.19. The van der Waals surface area contributed by atoms with E-state index in [1.807, 2.05) is 36.5 Å². The monoisotopic (exact) mass is 180 g/mol. The molecule has 2 aliphatic carbocycles. The van der Waals surface area contributed by atoms with Crippen LogP contribution in [0.5, 0.6) is 0 Å². The van der Waals surface area contributed by atoms with Crippen molar-refractivity contribution >= 4 is 0 Å². The summed E-state index contributed by atoms with van der Waals surface area (Å²) in [6.07, 6.45) is 27.0. The molecule has 0 heteroatoms. The second-order valence-electron chi connectivity index (χ2n) is 3.26. The molecule has 0 aromatic heterocycles. The second kappa shape index (κ2) is 4.55. The molecule has 0 saturated carbocycles. The minimum absolute atomic E-state index is 0.350. The maximum Gasteiger partial charge on any atom is 0.115 e. The minimum atomic E-state index is 0.350. The largest absolute Gasteiger partial charge is 0.158 e. The molecule has 0 aromatic rings. The van der Waals surface area contributed by atoms with Crippen molar-refractivity contribution in [2.24, 2.45) is 11.8 Å². The van der Waals surface area contributed by atoms with E-state index < -0.39 is 0 Å². The van der Waals surface area contributed by atoms with Crippen LogP contribution in [0.2, 0.25) is 0 Å². The summed E-state index contributed by atoms with van der Waals surface area (Å²) < 4.78 is 0. The van der Waals surface area contributed by atoms with Crippen LogP contribution in [0.4, 0.5) is 0 Å². The van der Waals surface area contributed by atoms with Crippen molar-refractivity contribution in [3.8, 4) is 0 Å². The summed E-state index contributed by atoms with van der Waals surface area (Å²) in [7, 11) is 0. The van der Waals surface area contributed by atoms with Crippen LogP contribution in [-0.2, 0) is 0 Å². The standard InChI is InChI=1S/C14H12/c1-2-8-13(7-1)11-5-6-12-14-9-3-4-10-14/h1-10,13-14H. The van der Waals surface area contributed by atoms with Crippen LogP contribution < -0.4 is 0 Å². The summed E-state index contributed by atoms with van der Waals surface area (Å²) in [5.74, 6) is 0.699. The summed E-state index contributed by atoms with van der Waals surface area (Å²) >= 11 is 0. The van der Waals surface area contributed by atoms with E-state index in [0.717, 1.165) is 0 Å². The zero-order valence-corrected chi connectivity index (χ0v) is 7.93. The highest BCUT2D eigenvalue weighted by Gasteiger charge is 2.00. The quantitative estimate of drug-likeness (QED) is 0.462. The molecule has 0 radical (unpaired) electrons. The number of allylic oxidation sites excluding steroid dienone is 12. The van der Waals surface area contributed by atoms with Gasteiger partial charge in [-0.15, -0.1) is 0 Å². The normalized spacial score (nSPS) is 20.9. The first-order valence-corrected chi connectivity index (χ1v) is 4.82. The van der Waals surface area contributed by atoms with Crippen molar-refractivity contribution in [2.45, 2.75) is 0 Å². The molecule has 2 aliphatic rings. The van der Waals surface area contributed by atoms with Gasteiger partial charge in [-0.25, -0.2) is 0 Å². The van der Waals surface area contributed by atoms with E-state index >= 15 is 0 Å². The van der Waals surface area contributed by atoms with Gasteiger partial charge in [-0.05, 0) is 24.1 Å². The molecule has 0 aliphatic heterocycles. The fourth-order valence-corrected chi connectivity index (χ4v) is 1.40. The third-order valence-corrected chi connectivity index (χ3v) is 2.16. The lowest BCUT2D eigenvalue weighted by atomic mass is 10.1. The van der Waals surface area contributed by atoms with Crippen molar-refractivity contribution in [1.82, 2.24) is 0 Å². The van der Waals surface area contributed by atoms with Crippen LogP contribution in [0.1, 0.15) is 0 Å². The Morgan fingerprint density at radius 3 is 2.29 bits per heavy atom. The van der Waals surface area contributed by atoms with E-state index in [-0.39, 0.29) is 0 Å². The fourth-order valence-electron chi connectivity index (χ4n) is 1.40. The molecule has 14 heavy (non-hydrogen) atoms. The average Bonchev–Trinajstić information content (AvgIpc) is 2.86. The Hall–Kier alpha value is -1.65. The molecule has 0 N–H and O–H groups in total. The van der Waals surface area contributed by atoms with Crippen molar-refractivity contribution in [3.05, 3.63) is 72.9 Å². The van der Waals surface area contributed by atoms with Gasteiger partial charge >= 0.3 is 0 Å². The predicted molar refractivity (Wildman–Crippen MR) is 59.2 cm³/mol. The Labute approximate surface area is 85.3 Å². The minimum Gasteiger partial charge on any atom is -0.158 e. The van der Waals surface area contributed by atoms with Crippen LogP contribution in [0.15, 0.2) is 60.8 Å². The lowest BCUT2D eigenvalue weighted by Gasteiger charge is -1.96. The van der Waals surface area contributed by atoms with Crippen molar-refractivity contribution in [1.29, 1.82) is 0 Å². The van der Waals surface area contributed by atoms with Crippen LogP contribution in [0, 0.1) is 24.0 Å². The van der Waals surface area contributed by atoms with E-state index in [2.05, 4.69) is 36.5 Å². The molecular formula is C14H12. The first kappa shape index (κ1) is 8.93. The summed E-state index contributed by atoms with van der Waals surface area (Å²) in [6, 6.07) is 0. The highest BCUT2D eigenvalue weighted by molar-refractivity contribution is 5.23. The number of hydrogen-bond acceptors (Lipinski definition) is 0. The maximum absolute atomic E-state index is 3.24. The van der Waals surface area contributed by atoms with Crippen LogP contribution in [0.3, 0.4) is 0 Å². The maximum atomic E-state index is 3.24. The van der Waals surface area contributed by atoms with Crippen molar-refractivity contribution < 1.29 is 0 Å². The van der Waals surface area contributed by atoms with Gasteiger partial charge in [0.25, 0.3) is 0 Å². The highest BCUT2D eigenvalue weighted by Crippen LogP contribution is 2.11. The van der Waals surface area contributed by atoms with Gasteiger partial charge in [-0.3, -0.25) is 0 Å². The smallest absolute Gasteiger partial charge is 0.115 e. The Balaban J connectivity index is 1.81. The van der Waals surface area contributed by atoms with Crippen molar-refractivity contribution in [3.63, 3.8) is 0 Å². The van der Waals surface area contributed by atoms with E-state index in [1.54, 1.807) is 0 Å². The van der Waals surface area contributed by atoms with Gasteiger partial charge in [0.2, 0.25) is 0 Å². The molecule has 0 amide bonds. The zero-order valence-electron chi connectivity index (χ0n) is 7.93. The molecule has 2 rings (SSSR count). The van der Waals surface area contributed by atoms with Crippen LogP contribution in [-0.4, -0.2) is 0 Å². The molecular weight excluding hydrogens is 168 g/mol. The van der Waals surface area contributed by atoms with Gasteiger partial charge in [0.15, 0.2) is 0 Å².